The van der Waals surface area contributed by atoms with Gasteiger partial charge in [-0.1, -0.05) is 0 Å². The van der Waals surface area contributed by atoms with E-state index < -0.39 is 12.4 Å². The zero-order chi connectivity index (χ0) is 7.84. The van der Waals surface area contributed by atoms with Gasteiger partial charge in [0.25, 0.3) is 0 Å². The summed E-state index contributed by atoms with van der Waals surface area (Å²) in [6, 6.07) is 0. The minimum Gasteiger partial charge on any atom is -0.462 e. The number of aliphatic hydroxyl groups is 1. The van der Waals surface area contributed by atoms with Crippen LogP contribution in [0.4, 0.5) is 0 Å². The van der Waals surface area contributed by atoms with Crippen molar-refractivity contribution in [2.45, 2.75) is 18.8 Å². The van der Waals surface area contributed by atoms with Crippen LogP contribution in [0.5, 0.6) is 0 Å². The van der Waals surface area contributed by atoms with Crippen molar-refractivity contribution in [1.82, 2.24) is 0 Å². The van der Waals surface area contributed by atoms with Crippen LogP contribution in [0.25, 0.3) is 0 Å². The van der Waals surface area contributed by atoms with Crippen LogP contribution in [-0.4, -0.2) is 23.5 Å². The van der Waals surface area contributed by atoms with Crippen molar-refractivity contribution in [3.05, 3.63) is 12.3 Å². The van der Waals surface area contributed by atoms with Gasteiger partial charge in [0.05, 0.1) is 24.7 Å². The van der Waals surface area contributed by atoms with E-state index in [0.717, 1.165) is 0 Å². The van der Waals surface area contributed by atoms with Gasteiger partial charge in [0, 0.05) is 0 Å². The maximum Gasteiger partial charge on any atom is 0.309 e. The topological polar surface area (TPSA) is 55.8 Å². The molecule has 60 valence electrons. The molecule has 0 aliphatic carbocycles. The van der Waals surface area contributed by atoms with E-state index in [2.05, 4.69) is 0 Å². The van der Waals surface area contributed by atoms with Gasteiger partial charge in [-0.2, -0.15) is 0 Å². The van der Waals surface area contributed by atoms with Crippen LogP contribution < -0.4 is 0 Å². The van der Waals surface area contributed by atoms with E-state index in [1.165, 1.54) is 12.3 Å². The van der Waals surface area contributed by atoms with Crippen LogP contribution >= 0.6 is 0 Å². The summed E-state index contributed by atoms with van der Waals surface area (Å²) in [7, 11) is 0. The highest BCUT2D eigenvalue weighted by atomic mass is 16.7. The molecule has 0 aromatic heterocycles. The van der Waals surface area contributed by atoms with Gasteiger partial charge in [-0.25, -0.2) is 0 Å². The van der Waals surface area contributed by atoms with Crippen molar-refractivity contribution in [3.63, 3.8) is 0 Å². The van der Waals surface area contributed by atoms with E-state index in [1.807, 2.05) is 0 Å². The summed E-state index contributed by atoms with van der Waals surface area (Å²) in [5.74, 6) is -0.518. The summed E-state index contributed by atoms with van der Waals surface area (Å²) in [4.78, 5) is 10.7. The molecule has 4 nitrogen and oxygen atoms in total. The first-order valence-corrected chi connectivity index (χ1v) is 3.47. The monoisotopic (exact) mass is 156 g/mol. The first-order valence-electron chi connectivity index (χ1n) is 3.47. The first-order chi connectivity index (χ1) is 5.27. The minimum absolute atomic E-state index is 0.215. The molecule has 0 spiro atoms. The molecule has 2 heterocycles. The largest absolute Gasteiger partial charge is 0.462 e. The zero-order valence-electron chi connectivity index (χ0n) is 5.77. The molecular formula is C7H8O4. The molecule has 1 saturated heterocycles. The van der Waals surface area contributed by atoms with Crippen LogP contribution in [0.1, 0.15) is 6.42 Å². The lowest BCUT2D eigenvalue weighted by Gasteiger charge is -2.23. The lowest BCUT2D eigenvalue weighted by Crippen LogP contribution is -2.31. The molecule has 0 unspecified atom stereocenters. The van der Waals surface area contributed by atoms with Gasteiger partial charge in [0.15, 0.2) is 0 Å². The molecule has 11 heavy (non-hydrogen) atoms. The zero-order valence-corrected chi connectivity index (χ0v) is 5.77. The summed E-state index contributed by atoms with van der Waals surface area (Å²) in [5, 5.41) is 9.30. The van der Waals surface area contributed by atoms with E-state index in [1.54, 1.807) is 0 Å². The fourth-order valence-corrected chi connectivity index (χ4v) is 1.31. The van der Waals surface area contributed by atoms with Crippen molar-refractivity contribution in [2.75, 3.05) is 0 Å². The van der Waals surface area contributed by atoms with Gasteiger partial charge < -0.3 is 14.6 Å². The highest BCUT2D eigenvalue weighted by molar-refractivity contribution is 5.72. The Kier molecular flexibility index (Phi) is 1.35. The summed E-state index contributed by atoms with van der Waals surface area (Å²) in [6.45, 7) is 0. The van der Waals surface area contributed by atoms with Crippen LogP contribution in [0.15, 0.2) is 12.3 Å². The molecule has 0 amide bonds. The van der Waals surface area contributed by atoms with Crippen molar-refractivity contribution in [2.24, 2.45) is 5.92 Å². The molecule has 1 fully saturated rings. The summed E-state index contributed by atoms with van der Waals surface area (Å²) >= 11 is 0. The highest BCUT2D eigenvalue weighted by Crippen LogP contribution is 2.29. The SMILES string of the molecule is O=C1C[C@H]2[C@H](OC=C[C@H]2O)O1. The van der Waals surface area contributed by atoms with Gasteiger partial charge in [-0.3, -0.25) is 4.79 Å². The Morgan fingerprint density at radius 3 is 3.18 bits per heavy atom. The number of ether oxygens (including phenoxy) is 2. The van der Waals surface area contributed by atoms with E-state index in [4.69, 9.17) is 9.47 Å². The Morgan fingerprint density at radius 2 is 2.45 bits per heavy atom. The second-order valence-corrected chi connectivity index (χ2v) is 2.68. The molecule has 4 heteroatoms. The Morgan fingerprint density at radius 1 is 1.64 bits per heavy atom. The standard InChI is InChI=1S/C7H8O4/c8-5-1-2-10-7-4(5)3-6(9)11-7/h1-2,4-5,7-8H,3H2/t4-,5-,7-/m1/s1. The molecular weight excluding hydrogens is 148 g/mol. The highest BCUT2D eigenvalue weighted by Gasteiger charge is 2.41. The lowest BCUT2D eigenvalue weighted by molar-refractivity contribution is -0.161. The second kappa shape index (κ2) is 2.23. The normalized spacial score (nSPS) is 41.2. The number of fused-ring (bicyclic) bond motifs is 1. The molecule has 3 atom stereocenters. The molecule has 2 rings (SSSR count). The van der Waals surface area contributed by atoms with Crippen LogP contribution in [0.2, 0.25) is 0 Å². The van der Waals surface area contributed by atoms with Crippen molar-refractivity contribution in [3.8, 4) is 0 Å². The van der Waals surface area contributed by atoms with Gasteiger partial charge in [0.1, 0.15) is 0 Å². The molecule has 2 aliphatic heterocycles. The average Bonchev–Trinajstić information content (AvgIpc) is 2.31. The van der Waals surface area contributed by atoms with E-state index >= 15 is 0 Å². The quantitative estimate of drug-likeness (QED) is 0.492. The van der Waals surface area contributed by atoms with Crippen molar-refractivity contribution >= 4 is 5.97 Å². The lowest BCUT2D eigenvalue weighted by atomic mass is 9.99. The molecule has 0 radical (unpaired) electrons. The third-order valence-corrected chi connectivity index (χ3v) is 1.93. The molecule has 0 bridgehead atoms. The van der Waals surface area contributed by atoms with Crippen molar-refractivity contribution in [1.29, 1.82) is 0 Å². The van der Waals surface area contributed by atoms with Gasteiger partial charge in [-0.15, -0.1) is 0 Å². The van der Waals surface area contributed by atoms with E-state index in [-0.39, 0.29) is 18.3 Å². The fraction of sp³-hybridized carbons (Fsp3) is 0.571. The van der Waals surface area contributed by atoms with E-state index in [9.17, 15) is 9.90 Å². The predicted molar refractivity (Wildman–Crippen MR) is 34.2 cm³/mol. The number of aliphatic hydroxyl groups excluding tert-OH is 1. The number of hydrogen-bond acceptors (Lipinski definition) is 4. The maximum absolute atomic E-state index is 10.7. The third kappa shape index (κ3) is 0.991. The van der Waals surface area contributed by atoms with E-state index in [0.29, 0.717) is 0 Å². The third-order valence-electron chi connectivity index (χ3n) is 1.93. The van der Waals surface area contributed by atoms with Crippen LogP contribution in [0.3, 0.4) is 0 Å². The average molecular weight is 156 g/mol. The smallest absolute Gasteiger partial charge is 0.309 e. The number of hydrogen-bond donors (Lipinski definition) is 1. The van der Waals surface area contributed by atoms with Gasteiger partial charge in [-0.05, 0) is 6.08 Å². The van der Waals surface area contributed by atoms with Crippen LogP contribution in [0, 0.1) is 5.92 Å². The Labute approximate surface area is 63.4 Å². The number of esters is 1. The fourth-order valence-electron chi connectivity index (χ4n) is 1.31. The van der Waals surface area contributed by atoms with Crippen LogP contribution in [-0.2, 0) is 14.3 Å². The Bertz CT molecular complexity index is 210. The number of carbonyl (C=O) groups excluding carboxylic acids is 1. The first kappa shape index (κ1) is 6.67. The maximum atomic E-state index is 10.7. The Balaban J connectivity index is 2.17. The summed E-state index contributed by atoms with van der Waals surface area (Å²) < 4.78 is 9.72. The second-order valence-electron chi connectivity index (χ2n) is 2.68. The Hall–Kier alpha value is -1.03. The molecule has 0 aromatic carbocycles. The summed E-state index contributed by atoms with van der Waals surface area (Å²) in [5.41, 5.74) is 0. The van der Waals surface area contributed by atoms with Gasteiger partial charge >= 0.3 is 5.97 Å². The van der Waals surface area contributed by atoms with Crippen molar-refractivity contribution < 1.29 is 19.4 Å². The molecule has 1 N–H and O–H groups in total. The van der Waals surface area contributed by atoms with Gasteiger partial charge in [0.2, 0.25) is 6.29 Å². The number of rotatable bonds is 0. The summed E-state index contributed by atoms with van der Waals surface area (Å²) in [6.07, 6.45) is 1.95. The molecule has 2 aliphatic rings. The molecule has 0 saturated carbocycles. The number of carbonyl (C=O) groups is 1. The predicted octanol–water partition coefficient (Wildman–Crippen LogP) is -0.220. The molecule has 0 aromatic rings. The minimum atomic E-state index is -0.611.